The van der Waals surface area contributed by atoms with Crippen LogP contribution in [0, 0.1) is 11.8 Å². The van der Waals surface area contributed by atoms with Crippen molar-refractivity contribution in [1.29, 1.82) is 0 Å². The Bertz CT molecular complexity index is 1160. The van der Waals surface area contributed by atoms with Gasteiger partial charge in [0, 0.05) is 16.1 Å². The number of halogens is 1. The first kappa shape index (κ1) is 22.7. The van der Waals surface area contributed by atoms with Crippen LogP contribution < -0.4 is 4.74 Å². The highest BCUT2D eigenvalue weighted by Gasteiger charge is 2.51. The molecule has 0 N–H and O–H groups in total. The first-order chi connectivity index (χ1) is 15.8. The van der Waals surface area contributed by atoms with E-state index in [-0.39, 0.29) is 5.56 Å². The largest absolute Gasteiger partial charge is 0.497 e. The molecule has 1 fully saturated rings. The Balaban J connectivity index is 1.69. The molecule has 2 aromatic carbocycles. The number of carbonyl (C=O) groups excluding carboxylic acids is 4. The molecule has 1 heterocycles. The molecule has 0 aromatic heterocycles. The van der Waals surface area contributed by atoms with Crippen molar-refractivity contribution >= 4 is 35.1 Å². The normalized spacial score (nSPS) is 19.7. The molecular weight excluding hydrogens is 444 g/mol. The number of hydrogen-bond donors (Lipinski definition) is 0. The molecule has 4 rings (SSSR count). The van der Waals surface area contributed by atoms with Crippen LogP contribution in [-0.2, 0) is 9.59 Å². The average Bonchev–Trinajstić information content (AvgIpc) is 3.06. The van der Waals surface area contributed by atoms with E-state index in [2.05, 4.69) is 0 Å². The van der Waals surface area contributed by atoms with Gasteiger partial charge < -0.3 is 4.74 Å². The highest BCUT2D eigenvalue weighted by molar-refractivity contribution is 6.30. The van der Waals surface area contributed by atoms with Crippen LogP contribution in [0.3, 0.4) is 0 Å². The summed E-state index contributed by atoms with van der Waals surface area (Å²) in [7, 11) is 1.49. The third-order valence-corrected chi connectivity index (χ3v) is 6.30. The van der Waals surface area contributed by atoms with Gasteiger partial charge in [-0.3, -0.25) is 19.2 Å². The van der Waals surface area contributed by atoms with Crippen LogP contribution in [-0.4, -0.2) is 47.2 Å². The fraction of sp³-hybridized carbons (Fsp3) is 0.280. The van der Waals surface area contributed by atoms with Crippen molar-refractivity contribution in [2.24, 2.45) is 11.8 Å². The number of ketones is 1. The number of fused-ring (bicyclic) bond motifs is 1. The molecule has 1 aliphatic heterocycles. The van der Waals surface area contributed by atoms with E-state index in [0.717, 1.165) is 15.6 Å². The molecule has 1 saturated heterocycles. The van der Waals surface area contributed by atoms with E-state index in [1.807, 2.05) is 13.0 Å². The minimum absolute atomic E-state index is 0.211. The number of amides is 3. The zero-order valence-electron chi connectivity index (χ0n) is 18.3. The van der Waals surface area contributed by atoms with E-state index in [1.165, 1.54) is 31.4 Å². The van der Waals surface area contributed by atoms with Crippen LogP contribution in [0.25, 0.3) is 0 Å². The summed E-state index contributed by atoms with van der Waals surface area (Å²) in [4.78, 5) is 53.1. The lowest BCUT2D eigenvalue weighted by molar-refractivity contribution is -0.154. The smallest absolute Gasteiger partial charge is 0.273 e. The number of hydrogen-bond acceptors (Lipinski definition) is 5. The Morgan fingerprint density at radius 2 is 1.76 bits per heavy atom. The summed E-state index contributed by atoms with van der Waals surface area (Å²) in [6, 6.07) is 12.6. The highest BCUT2D eigenvalue weighted by atomic mass is 35.5. The molecule has 170 valence electrons. The summed E-state index contributed by atoms with van der Waals surface area (Å²) >= 11 is 5.94. The zero-order chi connectivity index (χ0) is 23.7. The van der Waals surface area contributed by atoms with Gasteiger partial charge in [0.05, 0.1) is 18.9 Å². The summed E-state index contributed by atoms with van der Waals surface area (Å²) in [5, 5.41) is 2.27. The lowest BCUT2D eigenvalue weighted by atomic mass is 9.82. The van der Waals surface area contributed by atoms with E-state index < -0.39 is 41.9 Å². The molecule has 0 spiro atoms. The van der Waals surface area contributed by atoms with Crippen molar-refractivity contribution in [2.45, 2.75) is 19.8 Å². The van der Waals surface area contributed by atoms with Gasteiger partial charge in [-0.25, -0.2) is 5.01 Å². The van der Waals surface area contributed by atoms with Crippen LogP contribution in [0.2, 0.25) is 5.02 Å². The van der Waals surface area contributed by atoms with E-state index >= 15 is 0 Å². The molecule has 0 unspecified atom stereocenters. The van der Waals surface area contributed by atoms with Crippen molar-refractivity contribution in [2.75, 3.05) is 13.7 Å². The van der Waals surface area contributed by atoms with Gasteiger partial charge >= 0.3 is 0 Å². The third kappa shape index (κ3) is 4.41. The van der Waals surface area contributed by atoms with Gasteiger partial charge in [0.2, 0.25) is 0 Å². The monoisotopic (exact) mass is 466 g/mol. The number of imide groups is 1. The second-order valence-corrected chi connectivity index (χ2v) is 8.65. The van der Waals surface area contributed by atoms with Crippen molar-refractivity contribution in [3.8, 4) is 5.75 Å². The van der Waals surface area contributed by atoms with Crippen molar-refractivity contribution in [3.63, 3.8) is 0 Å². The van der Waals surface area contributed by atoms with Crippen molar-refractivity contribution in [1.82, 2.24) is 10.0 Å². The molecule has 0 bridgehead atoms. The van der Waals surface area contributed by atoms with Gasteiger partial charge in [0.15, 0.2) is 5.78 Å². The zero-order valence-corrected chi connectivity index (χ0v) is 19.0. The predicted octanol–water partition coefficient (Wildman–Crippen LogP) is 3.93. The average molecular weight is 467 g/mol. The maximum Gasteiger partial charge on any atom is 0.273 e. The molecule has 7 nitrogen and oxygen atoms in total. The number of Topliss-reactive ketones (excluding diaryl/α,β-unsaturated/α-hetero) is 1. The van der Waals surface area contributed by atoms with Gasteiger partial charge in [-0.05, 0) is 56.2 Å². The molecule has 8 heteroatoms. The van der Waals surface area contributed by atoms with Crippen LogP contribution in [0.15, 0.2) is 60.2 Å². The molecule has 2 aliphatic rings. The summed E-state index contributed by atoms with van der Waals surface area (Å²) in [5.41, 5.74) is 1.54. The molecule has 0 radical (unpaired) electrons. The van der Waals surface area contributed by atoms with E-state index in [9.17, 15) is 19.2 Å². The molecule has 3 amide bonds. The molecule has 33 heavy (non-hydrogen) atoms. The van der Waals surface area contributed by atoms with Gasteiger partial charge in [0.25, 0.3) is 17.7 Å². The number of allylic oxidation sites excluding steroid dienone is 2. The SMILES string of the molecule is COc1cccc(C(=O)CN(C(=O)c2ccc(Cl)cc2)N2C(=O)[C@@H]3CC=C(C)C[C@H]3C2=O)c1. The maximum absolute atomic E-state index is 13.4. The fourth-order valence-corrected chi connectivity index (χ4v) is 4.38. The van der Waals surface area contributed by atoms with Gasteiger partial charge in [-0.1, -0.05) is 35.4 Å². The number of ether oxygens (including phenoxy) is 1. The van der Waals surface area contributed by atoms with Crippen molar-refractivity contribution < 1.29 is 23.9 Å². The highest BCUT2D eigenvalue weighted by Crippen LogP contribution is 2.38. The van der Waals surface area contributed by atoms with Crippen LogP contribution >= 0.6 is 11.6 Å². The Labute approximate surface area is 196 Å². The molecular formula is C25H23ClN2O5. The van der Waals surface area contributed by atoms with Crippen LogP contribution in [0.1, 0.15) is 40.5 Å². The molecule has 2 aromatic rings. The Hall–Kier alpha value is -3.45. The van der Waals surface area contributed by atoms with Gasteiger partial charge in [-0.2, -0.15) is 5.01 Å². The molecule has 2 atom stereocenters. The molecule has 0 saturated carbocycles. The minimum atomic E-state index is -0.632. The fourth-order valence-electron chi connectivity index (χ4n) is 4.26. The number of benzene rings is 2. The van der Waals surface area contributed by atoms with Crippen LogP contribution in [0.5, 0.6) is 5.75 Å². The second-order valence-electron chi connectivity index (χ2n) is 8.22. The standard InChI is InChI=1S/C25H23ClN2O5/c1-15-6-11-20-21(12-15)25(32)28(24(20)31)27(23(30)16-7-9-18(26)10-8-16)14-22(29)17-4-3-5-19(13-17)33-2/h3-10,13,20-21H,11-12,14H2,1-2H3/t20-,21-/m1/s1. The van der Waals surface area contributed by atoms with Gasteiger partial charge in [-0.15, -0.1) is 0 Å². The number of nitrogens with zero attached hydrogens (tertiary/aromatic N) is 2. The Morgan fingerprint density at radius 1 is 1.06 bits per heavy atom. The first-order valence-electron chi connectivity index (χ1n) is 10.6. The summed E-state index contributed by atoms with van der Waals surface area (Å²) in [5.74, 6) is -2.57. The van der Waals surface area contributed by atoms with Crippen LogP contribution in [0.4, 0.5) is 0 Å². The number of methoxy groups -OCH3 is 1. The summed E-state index contributed by atoms with van der Waals surface area (Å²) in [6.45, 7) is 1.44. The lowest BCUT2D eigenvalue weighted by Crippen LogP contribution is -2.52. The second kappa shape index (κ2) is 9.19. The predicted molar refractivity (Wildman–Crippen MR) is 122 cm³/mol. The first-order valence-corrected chi connectivity index (χ1v) is 11.0. The summed E-state index contributed by atoms with van der Waals surface area (Å²) < 4.78 is 5.18. The Kier molecular flexibility index (Phi) is 6.33. The van der Waals surface area contributed by atoms with E-state index in [0.29, 0.717) is 29.2 Å². The number of rotatable bonds is 6. The van der Waals surface area contributed by atoms with E-state index in [4.69, 9.17) is 16.3 Å². The lowest BCUT2D eigenvalue weighted by Gasteiger charge is -2.30. The summed E-state index contributed by atoms with van der Waals surface area (Å²) in [6.07, 6.45) is 2.84. The number of carbonyl (C=O) groups is 4. The minimum Gasteiger partial charge on any atom is -0.497 e. The maximum atomic E-state index is 13.4. The quantitative estimate of drug-likeness (QED) is 0.366. The third-order valence-electron chi connectivity index (χ3n) is 6.05. The van der Waals surface area contributed by atoms with Crippen molar-refractivity contribution in [3.05, 3.63) is 76.3 Å². The van der Waals surface area contributed by atoms with Gasteiger partial charge in [0.1, 0.15) is 12.3 Å². The van der Waals surface area contributed by atoms with E-state index in [1.54, 1.807) is 24.3 Å². The topological polar surface area (TPSA) is 84.0 Å². The Morgan fingerprint density at radius 3 is 2.45 bits per heavy atom. The molecule has 1 aliphatic carbocycles. The number of hydrazine groups is 1.